The van der Waals surface area contributed by atoms with Crippen molar-refractivity contribution in [1.82, 2.24) is 0 Å². The summed E-state index contributed by atoms with van der Waals surface area (Å²) in [6.45, 7) is 6.87. The van der Waals surface area contributed by atoms with Crippen LogP contribution in [0.25, 0.3) is 11.6 Å². The molecule has 0 unspecified atom stereocenters. The number of para-hydroxylation sites is 1. The van der Waals surface area contributed by atoms with E-state index in [0.29, 0.717) is 30.2 Å². The van der Waals surface area contributed by atoms with Crippen molar-refractivity contribution in [3.8, 4) is 11.5 Å². The van der Waals surface area contributed by atoms with Gasteiger partial charge in [-0.25, -0.2) is 0 Å². The molecule has 0 saturated heterocycles. The first-order chi connectivity index (χ1) is 13.1. The summed E-state index contributed by atoms with van der Waals surface area (Å²) in [6, 6.07) is 11.8. The number of carbonyl (C=O) groups is 1. The summed E-state index contributed by atoms with van der Waals surface area (Å²) < 4.78 is 12.1. The summed E-state index contributed by atoms with van der Waals surface area (Å²) in [7, 11) is 1.61. The quantitative estimate of drug-likeness (QED) is 0.316. The predicted molar refractivity (Wildman–Crippen MR) is 118 cm³/mol. The molecule has 0 bridgehead atoms. The third-order valence-corrected chi connectivity index (χ3v) is 5.12. The van der Waals surface area contributed by atoms with E-state index in [1.165, 1.54) is 0 Å². The smallest absolute Gasteiger partial charge is 0.258 e. The summed E-state index contributed by atoms with van der Waals surface area (Å²) in [5, 5.41) is 0. The highest BCUT2D eigenvalue weighted by Gasteiger charge is 2.31. The SMILES string of the molecule is C=CCOc1c(I)cc(/C=C2\C(=O)N(CCC)c3ccccc32)cc1OC. The Hall–Kier alpha value is -2.28. The van der Waals surface area contributed by atoms with Gasteiger partial charge in [-0.15, -0.1) is 0 Å². The van der Waals surface area contributed by atoms with E-state index in [4.69, 9.17) is 9.47 Å². The summed E-state index contributed by atoms with van der Waals surface area (Å²) in [6.07, 6.45) is 4.54. The van der Waals surface area contributed by atoms with Crippen LogP contribution in [-0.4, -0.2) is 26.2 Å². The van der Waals surface area contributed by atoms with Crippen LogP contribution in [-0.2, 0) is 4.79 Å². The van der Waals surface area contributed by atoms with Crippen LogP contribution in [0.5, 0.6) is 11.5 Å². The molecule has 3 rings (SSSR count). The van der Waals surface area contributed by atoms with Gasteiger partial charge in [0.1, 0.15) is 6.61 Å². The number of hydrogen-bond donors (Lipinski definition) is 0. The maximum absolute atomic E-state index is 13.0. The molecule has 0 atom stereocenters. The highest BCUT2D eigenvalue weighted by molar-refractivity contribution is 14.1. The second-order valence-corrected chi connectivity index (χ2v) is 7.33. The normalized spacial score (nSPS) is 14.4. The van der Waals surface area contributed by atoms with Crippen LogP contribution in [0.4, 0.5) is 5.69 Å². The first-order valence-corrected chi connectivity index (χ1v) is 9.92. The number of methoxy groups -OCH3 is 1. The first kappa shape index (κ1) is 19.5. The van der Waals surface area contributed by atoms with Gasteiger partial charge in [0.05, 0.1) is 16.4 Å². The largest absolute Gasteiger partial charge is 0.493 e. The molecular weight excluding hydrogens is 453 g/mol. The minimum atomic E-state index is 0.0407. The van der Waals surface area contributed by atoms with Gasteiger partial charge in [-0.05, 0) is 58.9 Å². The van der Waals surface area contributed by atoms with Crippen LogP contribution in [0.2, 0.25) is 0 Å². The summed E-state index contributed by atoms with van der Waals surface area (Å²) in [5.41, 5.74) is 3.55. The number of nitrogens with zero attached hydrogens (tertiary/aromatic N) is 1. The van der Waals surface area contributed by atoms with Gasteiger partial charge in [0.2, 0.25) is 0 Å². The van der Waals surface area contributed by atoms with Gasteiger partial charge in [0.25, 0.3) is 5.91 Å². The molecule has 1 amide bonds. The van der Waals surface area contributed by atoms with Gasteiger partial charge < -0.3 is 14.4 Å². The van der Waals surface area contributed by atoms with E-state index in [2.05, 4.69) is 36.1 Å². The van der Waals surface area contributed by atoms with Crippen LogP contribution < -0.4 is 14.4 Å². The number of amides is 1. The number of carbonyl (C=O) groups excluding carboxylic acids is 1. The van der Waals surface area contributed by atoms with Crippen molar-refractivity contribution in [2.45, 2.75) is 13.3 Å². The molecule has 0 aliphatic carbocycles. The minimum Gasteiger partial charge on any atom is -0.493 e. The lowest BCUT2D eigenvalue weighted by atomic mass is 10.0. The molecule has 140 valence electrons. The van der Waals surface area contributed by atoms with E-state index in [1.807, 2.05) is 47.4 Å². The predicted octanol–water partition coefficient (Wildman–Crippen LogP) is 5.16. The highest BCUT2D eigenvalue weighted by atomic mass is 127. The van der Waals surface area contributed by atoms with Crippen LogP contribution in [0.3, 0.4) is 0 Å². The Morgan fingerprint density at radius 3 is 2.74 bits per heavy atom. The van der Waals surface area contributed by atoms with Crippen LogP contribution in [0.1, 0.15) is 24.5 Å². The molecule has 2 aromatic rings. The van der Waals surface area contributed by atoms with Crippen molar-refractivity contribution in [2.75, 3.05) is 25.2 Å². The number of fused-ring (bicyclic) bond motifs is 1. The minimum absolute atomic E-state index is 0.0407. The summed E-state index contributed by atoms with van der Waals surface area (Å²) >= 11 is 2.22. The van der Waals surface area contributed by atoms with Gasteiger partial charge >= 0.3 is 0 Å². The summed E-state index contributed by atoms with van der Waals surface area (Å²) in [5.74, 6) is 1.37. The second kappa shape index (κ2) is 8.61. The Balaban J connectivity index is 2.05. The van der Waals surface area contributed by atoms with E-state index in [-0.39, 0.29) is 5.91 Å². The van der Waals surface area contributed by atoms with Crippen molar-refractivity contribution in [1.29, 1.82) is 0 Å². The standard InChI is InChI=1S/C22H22INO3/c1-4-10-24-19-9-7-6-8-16(19)17(22(24)25)12-15-13-18(23)21(27-11-5-2)20(14-15)26-3/h5-9,12-14H,2,4,10-11H2,1,3H3/b17-12-. The topological polar surface area (TPSA) is 38.8 Å². The average Bonchev–Trinajstić information content (AvgIpc) is 2.93. The van der Waals surface area contributed by atoms with E-state index >= 15 is 0 Å². The van der Waals surface area contributed by atoms with Crippen LogP contribution in [0, 0.1) is 3.57 Å². The molecule has 4 nitrogen and oxygen atoms in total. The molecule has 1 aliphatic rings. The zero-order valence-corrected chi connectivity index (χ0v) is 17.7. The van der Waals surface area contributed by atoms with Gasteiger partial charge in [0, 0.05) is 17.7 Å². The van der Waals surface area contributed by atoms with Crippen molar-refractivity contribution >= 4 is 45.8 Å². The number of ether oxygens (including phenoxy) is 2. The molecular formula is C22H22INO3. The van der Waals surface area contributed by atoms with Crippen LogP contribution in [0.15, 0.2) is 49.1 Å². The number of rotatable bonds is 7. The third kappa shape index (κ3) is 3.88. The number of hydrogen-bond acceptors (Lipinski definition) is 3. The van der Waals surface area contributed by atoms with Gasteiger partial charge in [0.15, 0.2) is 11.5 Å². The van der Waals surface area contributed by atoms with Gasteiger partial charge in [-0.1, -0.05) is 37.8 Å². The Morgan fingerprint density at radius 1 is 1.26 bits per heavy atom. The summed E-state index contributed by atoms with van der Waals surface area (Å²) in [4.78, 5) is 14.8. The van der Waals surface area contributed by atoms with Gasteiger partial charge in [-0.3, -0.25) is 4.79 Å². The third-order valence-electron chi connectivity index (χ3n) is 4.32. The van der Waals surface area contributed by atoms with Crippen molar-refractivity contribution in [2.24, 2.45) is 0 Å². The number of benzene rings is 2. The van der Waals surface area contributed by atoms with E-state index in [1.54, 1.807) is 13.2 Å². The monoisotopic (exact) mass is 475 g/mol. The molecule has 0 radical (unpaired) electrons. The molecule has 5 heteroatoms. The molecule has 0 saturated carbocycles. The second-order valence-electron chi connectivity index (χ2n) is 6.17. The fraction of sp³-hybridized carbons (Fsp3) is 0.227. The first-order valence-electron chi connectivity index (χ1n) is 8.84. The lowest BCUT2D eigenvalue weighted by Gasteiger charge is -2.15. The molecule has 27 heavy (non-hydrogen) atoms. The fourth-order valence-electron chi connectivity index (χ4n) is 3.16. The molecule has 0 aromatic heterocycles. The Morgan fingerprint density at radius 2 is 2.04 bits per heavy atom. The maximum Gasteiger partial charge on any atom is 0.258 e. The molecule has 0 spiro atoms. The van der Waals surface area contributed by atoms with Crippen molar-refractivity contribution in [3.63, 3.8) is 0 Å². The molecule has 1 aliphatic heterocycles. The average molecular weight is 475 g/mol. The zero-order chi connectivity index (χ0) is 19.4. The van der Waals surface area contributed by atoms with E-state index in [0.717, 1.165) is 26.8 Å². The van der Waals surface area contributed by atoms with Crippen LogP contribution >= 0.6 is 22.6 Å². The highest BCUT2D eigenvalue weighted by Crippen LogP contribution is 2.39. The Labute approximate surface area is 173 Å². The zero-order valence-electron chi connectivity index (χ0n) is 15.5. The Bertz CT molecular complexity index is 904. The lowest BCUT2D eigenvalue weighted by Crippen LogP contribution is -2.26. The van der Waals surface area contributed by atoms with E-state index in [9.17, 15) is 4.79 Å². The van der Waals surface area contributed by atoms with E-state index < -0.39 is 0 Å². The number of anilines is 1. The molecule has 1 heterocycles. The maximum atomic E-state index is 13.0. The van der Waals surface area contributed by atoms with Crippen molar-refractivity contribution in [3.05, 3.63) is 63.8 Å². The number of halogens is 1. The molecule has 2 aromatic carbocycles. The molecule has 0 fully saturated rings. The Kier molecular flexibility index (Phi) is 6.21. The lowest BCUT2D eigenvalue weighted by molar-refractivity contribution is -0.113. The van der Waals surface area contributed by atoms with Gasteiger partial charge in [-0.2, -0.15) is 0 Å². The van der Waals surface area contributed by atoms with Crippen molar-refractivity contribution < 1.29 is 14.3 Å². The fourth-order valence-corrected chi connectivity index (χ4v) is 3.95. The molecule has 0 N–H and O–H groups in total.